The largest absolute Gasteiger partial charge is 0.444 e. The summed E-state index contributed by atoms with van der Waals surface area (Å²) in [7, 11) is 0. The predicted octanol–water partition coefficient (Wildman–Crippen LogP) is 8.24. The Hall–Kier alpha value is -5.56. The van der Waals surface area contributed by atoms with Crippen LogP contribution >= 0.6 is 0 Å². The summed E-state index contributed by atoms with van der Waals surface area (Å²) in [5.41, 5.74) is -10.2. The zero-order valence-electron chi connectivity index (χ0n) is 22.2. The van der Waals surface area contributed by atoms with E-state index in [0.717, 1.165) is 18.2 Å². The van der Waals surface area contributed by atoms with E-state index in [9.17, 15) is 66.8 Å². The lowest BCUT2D eigenvalue weighted by Gasteiger charge is -2.23. The standard InChI is InChI=1S/C24H16F6N4O10/c1-22(2,3)14-10-13(43-20-15(31(35)36)6-11(23(25,26)27)7-16(20)32(37)38)4-5-19(14)44-21-17(33(39)40)8-12(24(28,29)30)9-18(21)34(41)42/h4-10H,1-3H3. The molecule has 0 saturated heterocycles. The van der Waals surface area contributed by atoms with Gasteiger partial charge in [-0.2, -0.15) is 26.3 Å². The van der Waals surface area contributed by atoms with Crippen molar-refractivity contribution < 1.29 is 55.5 Å². The van der Waals surface area contributed by atoms with Crippen LogP contribution in [0.2, 0.25) is 0 Å². The molecule has 0 bridgehead atoms. The minimum Gasteiger partial charge on any atom is -0.444 e. The van der Waals surface area contributed by atoms with E-state index >= 15 is 0 Å². The lowest BCUT2D eigenvalue weighted by atomic mass is 9.86. The number of hydrogen-bond acceptors (Lipinski definition) is 10. The van der Waals surface area contributed by atoms with Crippen molar-refractivity contribution in [2.24, 2.45) is 0 Å². The van der Waals surface area contributed by atoms with Crippen LogP contribution in [0.15, 0.2) is 42.5 Å². The number of nitrogens with zero attached hydrogens (tertiary/aromatic N) is 4. The summed E-state index contributed by atoms with van der Waals surface area (Å²) in [5, 5.41) is 46.3. The summed E-state index contributed by atoms with van der Waals surface area (Å²) in [6, 6.07) is 2.95. The average molecular weight is 634 g/mol. The molecular formula is C24H16F6N4O10. The van der Waals surface area contributed by atoms with Gasteiger partial charge in [0, 0.05) is 29.8 Å². The number of nitro groups is 4. The molecule has 0 unspecified atom stereocenters. The van der Waals surface area contributed by atoms with E-state index in [4.69, 9.17) is 9.47 Å². The second-order valence-corrected chi connectivity index (χ2v) is 9.82. The Labute approximate surface area is 240 Å². The molecule has 0 atom stereocenters. The quantitative estimate of drug-likeness (QED) is 0.132. The topological polar surface area (TPSA) is 191 Å². The highest BCUT2D eigenvalue weighted by atomic mass is 19.4. The molecule has 44 heavy (non-hydrogen) atoms. The second-order valence-electron chi connectivity index (χ2n) is 9.82. The maximum atomic E-state index is 13.3. The van der Waals surface area contributed by atoms with Gasteiger partial charge in [-0.15, -0.1) is 0 Å². The van der Waals surface area contributed by atoms with E-state index in [-0.39, 0.29) is 29.8 Å². The molecule has 0 heterocycles. The summed E-state index contributed by atoms with van der Waals surface area (Å²) >= 11 is 0. The van der Waals surface area contributed by atoms with Gasteiger partial charge < -0.3 is 9.47 Å². The Balaban J connectivity index is 2.23. The molecular weight excluding hydrogens is 618 g/mol. The first-order valence-corrected chi connectivity index (χ1v) is 11.6. The molecule has 0 spiro atoms. The van der Waals surface area contributed by atoms with E-state index in [1.807, 2.05) is 0 Å². The van der Waals surface area contributed by atoms with Crippen molar-refractivity contribution in [2.75, 3.05) is 0 Å². The molecule has 0 fully saturated rings. The molecule has 3 aromatic rings. The first-order chi connectivity index (χ1) is 20.0. The molecule has 0 radical (unpaired) electrons. The van der Waals surface area contributed by atoms with Gasteiger partial charge in [-0.1, -0.05) is 20.8 Å². The zero-order valence-corrected chi connectivity index (χ0v) is 22.2. The van der Waals surface area contributed by atoms with Crippen LogP contribution in [0, 0.1) is 40.5 Å². The Morgan fingerprint density at radius 1 is 0.568 bits per heavy atom. The smallest absolute Gasteiger partial charge is 0.416 e. The van der Waals surface area contributed by atoms with E-state index in [1.54, 1.807) is 0 Å². The maximum Gasteiger partial charge on any atom is 0.416 e. The highest BCUT2D eigenvalue weighted by Gasteiger charge is 2.40. The fourth-order valence-electron chi connectivity index (χ4n) is 3.75. The van der Waals surface area contributed by atoms with Gasteiger partial charge in [-0.05, 0) is 23.6 Å². The predicted molar refractivity (Wildman–Crippen MR) is 135 cm³/mol. The lowest BCUT2D eigenvalue weighted by molar-refractivity contribution is -0.396. The summed E-state index contributed by atoms with van der Waals surface area (Å²) in [4.78, 5) is 40.9. The van der Waals surface area contributed by atoms with Gasteiger partial charge in [-0.3, -0.25) is 40.5 Å². The van der Waals surface area contributed by atoms with Gasteiger partial charge >= 0.3 is 35.1 Å². The van der Waals surface area contributed by atoms with E-state index in [1.165, 1.54) is 20.8 Å². The molecule has 0 aliphatic carbocycles. The Bertz CT molecular complexity index is 1630. The van der Waals surface area contributed by atoms with Crippen LogP contribution in [0.25, 0.3) is 0 Å². The third kappa shape index (κ3) is 6.90. The Morgan fingerprint density at radius 3 is 1.20 bits per heavy atom. The van der Waals surface area contributed by atoms with E-state index < -0.39 is 94.3 Å². The van der Waals surface area contributed by atoms with Crippen LogP contribution in [-0.4, -0.2) is 19.7 Å². The SMILES string of the molecule is CC(C)(C)c1cc(Oc2c([N+](=O)[O-])cc(C(F)(F)F)cc2[N+](=O)[O-])ccc1Oc1c([N+](=O)[O-])cc(C(F)(F)F)cc1[N+](=O)[O-]. The molecule has 0 aromatic heterocycles. The number of rotatable bonds is 8. The highest BCUT2D eigenvalue weighted by Crippen LogP contribution is 2.48. The van der Waals surface area contributed by atoms with Crippen LogP contribution in [0.5, 0.6) is 23.0 Å². The van der Waals surface area contributed by atoms with Crippen molar-refractivity contribution in [2.45, 2.75) is 38.5 Å². The van der Waals surface area contributed by atoms with Gasteiger partial charge in [0.2, 0.25) is 0 Å². The van der Waals surface area contributed by atoms with E-state index in [2.05, 4.69) is 0 Å². The van der Waals surface area contributed by atoms with Crippen molar-refractivity contribution in [3.8, 4) is 23.0 Å². The lowest BCUT2D eigenvalue weighted by Crippen LogP contribution is -2.14. The maximum absolute atomic E-state index is 13.3. The van der Waals surface area contributed by atoms with Gasteiger partial charge in [-0.25, -0.2) is 0 Å². The number of ether oxygens (including phenoxy) is 2. The normalized spacial score (nSPS) is 12.0. The van der Waals surface area contributed by atoms with Crippen molar-refractivity contribution in [3.05, 3.63) is 99.6 Å². The van der Waals surface area contributed by atoms with Crippen LogP contribution in [0.3, 0.4) is 0 Å². The molecule has 14 nitrogen and oxygen atoms in total. The van der Waals surface area contributed by atoms with Crippen LogP contribution in [0.1, 0.15) is 37.5 Å². The van der Waals surface area contributed by atoms with Gasteiger partial charge in [0.15, 0.2) is 0 Å². The van der Waals surface area contributed by atoms with E-state index in [0.29, 0.717) is 0 Å². The molecule has 20 heteroatoms. The third-order valence-electron chi connectivity index (χ3n) is 5.73. The second kappa shape index (κ2) is 11.3. The minimum absolute atomic E-state index is 0.0212. The summed E-state index contributed by atoms with van der Waals surface area (Å²) in [6.07, 6.45) is -10.4. The molecule has 0 aliphatic rings. The van der Waals surface area contributed by atoms with Crippen LogP contribution in [0.4, 0.5) is 49.1 Å². The third-order valence-corrected chi connectivity index (χ3v) is 5.73. The number of nitro benzene ring substituents is 4. The monoisotopic (exact) mass is 634 g/mol. The first-order valence-electron chi connectivity index (χ1n) is 11.6. The Kier molecular flexibility index (Phi) is 8.43. The van der Waals surface area contributed by atoms with Crippen molar-refractivity contribution in [1.82, 2.24) is 0 Å². The molecule has 234 valence electrons. The minimum atomic E-state index is -5.20. The molecule has 0 amide bonds. The average Bonchev–Trinajstić information content (AvgIpc) is 2.87. The fraction of sp³-hybridized carbons (Fsp3) is 0.250. The van der Waals surface area contributed by atoms with Gasteiger partial charge in [0.25, 0.3) is 11.5 Å². The number of benzene rings is 3. The van der Waals surface area contributed by atoms with Crippen molar-refractivity contribution in [1.29, 1.82) is 0 Å². The van der Waals surface area contributed by atoms with Crippen molar-refractivity contribution >= 4 is 22.7 Å². The molecule has 0 N–H and O–H groups in total. The van der Waals surface area contributed by atoms with Crippen LogP contribution in [-0.2, 0) is 17.8 Å². The summed E-state index contributed by atoms with van der Waals surface area (Å²) < 4.78 is 90.3. The summed E-state index contributed by atoms with van der Waals surface area (Å²) in [5.74, 6) is -3.23. The van der Waals surface area contributed by atoms with Crippen molar-refractivity contribution in [3.63, 3.8) is 0 Å². The fourth-order valence-corrected chi connectivity index (χ4v) is 3.75. The zero-order chi connectivity index (χ0) is 33.5. The summed E-state index contributed by atoms with van der Waals surface area (Å²) in [6.45, 7) is 4.49. The Morgan fingerprint density at radius 2 is 0.909 bits per heavy atom. The number of halogens is 6. The van der Waals surface area contributed by atoms with Crippen LogP contribution < -0.4 is 9.47 Å². The first kappa shape index (κ1) is 32.9. The molecule has 3 aromatic carbocycles. The highest BCUT2D eigenvalue weighted by molar-refractivity contribution is 5.66. The molecule has 0 saturated carbocycles. The van der Waals surface area contributed by atoms with Gasteiger partial charge in [0.1, 0.15) is 11.5 Å². The number of hydrogen-bond donors (Lipinski definition) is 0. The van der Waals surface area contributed by atoms with Gasteiger partial charge in [0.05, 0.1) is 30.8 Å². The molecule has 3 rings (SSSR count). The number of alkyl halides is 6. The molecule has 0 aliphatic heterocycles.